The van der Waals surface area contributed by atoms with Crippen molar-refractivity contribution >= 4 is 5.91 Å². The van der Waals surface area contributed by atoms with E-state index >= 15 is 0 Å². The van der Waals surface area contributed by atoms with E-state index in [0.29, 0.717) is 12.1 Å². The van der Waals surface area contributed by atoms with E-state index in [2.05, 4.69) is 17.4 Å². The van der Waals surface area contributed by atoms with Crippen molar-refractivity contribution in [1.82, 2.24) is 10.2 Å². The highest BCUT2D eigenvalue weighted by atomic mass is 16.3. The van der Waals surface area contributed by atoms with Crippen LogP contribution in [0, 0.1) is 0 Å². The molecule has 0 spiro atoms. The molecule has 25 heavy (non-hydrogen) atoms. The van der Waals surface area contributed by atoms with Gasteiger partial charge in [0.15, 0.2) is 0 Å². The summed E-state index contributed by atoms with van der Waals surface area (Å²) in [4.78, 5) is 14.8. The Morgan fingerprint density at radius 2 is 1.64 bits per heavy atom. The summed E-state index contributed by atoms with van der Waals surface area (Å²) in [5.74, 6) is 0.271. The quantitative estimate of drug-likeness (QED) is 0.851. The molecule has 1 aliphatic heterocycles. The van der Waals surface area contributed by atoms with Gasteiger partial charge in [-0.3, -0.25) is 4.79 Å². The predicted molar refractivity (Wildman–Crippen MR) is 99.6 cm³/mol. The van der Waals surface area contributed by atoms with Crippen LogP contribution in [0.2, 0.25) is 0 Å². The molecule has 2 aromatic carbocycles. The first-order valence-electron chi connectivity index (χ1n) is 8.89. The van der Waals surface area contributed by atoms with Gasteiger partial charge in [-0.05, 0) is 31.5 Å². The summed E-state index contributed by atoms with van der Waals surface area (Å²) in [5, 5.41) is 13.0. The van der Waals surface area contributed by atoms with Crippen molar-refractivity contribution < 1.29 is 9.90 Å². The van der Waals surface area contributed by atoms with Gasteiger partial charge >= 0.3 is 0 Å². The molecule has 132 valence electrons. The number of rotatable bonds is 6. The minimum absolute atomic E-state index is 0.0493. The Hall–Kier alpha value is -2.17. The number of carbonyl (C=O) groups is 1. The van der Waals surface area contributed by atoms with Gasteiger partial charge < -0.3 is 15.3 Å². The van der Waals surface area contributed by atoms with Crippen LogP contribution < -0.4 is 5.32 Å². The number of hydrogen-bond acceptors (Lipinski definition) is 3. The van der Waals surface area contributed by atoms with Crippen molar-refractivity contribution in [3.8, 4) is 0 Å². The second-order valence-electron chi connectivity index (χ2n) is 6.92. The maximum atomic E-state index is 12.9. The van der Waals surface area contributed by atoms with Gasteiger partial charge in [-0.2, -0.15) is 0 Å². The zero-order valence-electron chi connectivity index (χ0n) is 14.8. The fourth-order valence-corrected chi connectivity index (χ4v) is 3.60. The Labute approximate surface area is 149 Å². The van der Waals surface area contributed by atoms with Crippen LogP contribution in [0.15, 0.2) is 60.7 Å². The van der Waals surface area contributed by atoms with Gasteiger partial charge in [0.2, 0.25) is 0 Å². The number of nitrogens with zero attached hydrogens (tertiary/aromatic N) is 1. The number of nitrogens with one attached hydrogen (secondary N) is 1. The molecule has 0 aromatic heterocycles. The molecule has 0 unspecified atom stereocenters. The topological polar surface area (TPSA) is 52.6 Å². The third kappa shape index (κ3) is 3.75. The molecule has 2 N–H and O–H groups in total. The van der Waals surface area contributed by atoms with E-state index < -0.39 is 0 Å². The lowest BCUT2D eigenvalue weighted by Gasteiger charge is -2.48. The van der Waals surface area contributed by atoms with Crippen LogP contribution in [0.25, 0.3) is 0 Å². The molecule has 1 aliphatic rings. The molecule has 0 saturated carbocycles. The number of hydrogen-bond donors (Lipinski definition) is 2. The Morgan fingerprint density at radius 1 is 1.04 bits per heavy atom. The number of amides is 1. The molecule has 4 heteroatoms. The Kier molecular flexibility index (Phi) is 5.51. The average Bonchev–Trinajstić information content (AvgIpc) is 2.62. The number of aliphatic hydroxyl groups is 1. The van der Waals surface area contributed by atoms with Gasteiger partial charge in [0.1, 0.15) is 0 Å². The van der Waals surface area contributed by atoms with Gasteiger partial charge in [-0.15, -0.1) is 0 Å². The van der Waals surface area contributed by atoms with Crippen LogP contribution in [-0.2, 0) is 0 Å². The first kappa shape index (κ1) is 17.6. The van der Waals surface area contributed by atoms with E-state index in [1.54, 1.807) is 0 Å². The smallest absolute Gasteiger partial charge is 0.254 e. The summed E-state index contributed by atoms with van der Waals surface area (Å²) >= 11 is 0. The van der Waals surface area contributed by atoms with Gasteiger partial charge in [0.05, 0.1) is 6.61 Å². The van der Waals surface area contributed by atoms with E-state index in [4.69, 9.17) is 0 Å². The van der Waals surface area contributed by atoms with Crippen molar-refractivity contribution in [3.63, 3.8) is 0 Å². The fourth-order valence-electron chi connectivity index (χ4n) is 3.60. The summed E-state index contributed by atoms with van der Waals surface area (Å²) in [6, 6.07) is 20.0. The molecule has 3 atom stereocenters. The standard InChI is InChI=1S/C21H26N2O2/c1-15(2)23(21(25)17-11-7-4-8-12-17)13-18-20(19(14-24)22-18)16-9-5-3-6-10-16/h3-12,15,18-20,22,24H,13-14H2,1-2H3/t18-,19+,20+/m1/s1. The second-order valence-corrected chi connectivity index (χ2v) is 6.92. The summed E-state index contributed by atoms with van der Waals surface area (Å²) in [5.41, 5.74) is 1.92. The molecule has 3 rings (SSSR count). The summed E-state index contributed by atoms with van der Waals surface area (Å²) in [6.45, 7) is 4.81. The second kappa shape index (κ2) is 7.81. The molecule has 1 fully saturated rings. The van der Waals surface area contributed by atoms with Crippen LogP contribution in [0.4, 0.5) is 0 Å². The molecule has 1 heterocycles. The average molecular weight is 338 g/mol. The SMILES string of the molecule is CC(C)N(C[C@H]1N[C@@H](CO)[C@H]1c1ccccc1)C(=O)c1ccccc1. The molecule has 4 nitrogen and oxygen atoms in total. The monoisotopic (exact) mass is 338 g/mol. The van der Waals surface area contributed by atoms with E-state index in [1.807, 2.05) is 67.3 Å². The van der Waals surface area contributed by atoms with Crippen LogP contribution in [-0.4, -0.2) is 47.2 Å². The lowest BCUT2D eigenvalue weighted by atomic mass is 9.77. The molecule has 2 aromatic rings. The van der Waals surface area contributed by atoms with E-state index in [1.165, 1.54) is 5.56 Å². The third-order valence-electron chi connectivity index (χ3n) is 4.97. The third-order valence-corrected chi connectivity index (χ3v) is 4.97. The minimum atomic E-state index is 0.0493. The van der Waals surface area contributed by atoms with Crippen LogP contribution in [0.5, 0.6) is 0 Å². The molecule has 1 amide bonds. The van der Waals surface area contributed by atoms with Gasteiger partial charge in [0.25, 0.3) is 5.91 Å². The minimum Gasteiger partial charge on any atom is -0.395 e. The molecular formula is C21H26N2O2. The predicted octanol–water partition coefficient (Wildman–Crippen LogP) is 2.65. The molecule has 0 bridgehead atoms. The molecule has 0 radical (unpaired) electrons. The van der Waals surface area contributed by atoms with Crippen LogP contribution in [0.1, 0.15) is 35.7 Å². The van der Waals surface area contributed by atoms with Gasteiger partial charge in [0, 0.05) is 36.2 Å². The molecule has 0 aliphatic carbocycles. The molecule has 1 saturated heterocycles. The Morgan fingerprint density at radius 3 is 2.20 bits per heavy atom. The Balaban J connectivity index is 1.77. The Bertz CT molecular complexity index is 688. The zero-order chi connectivity index (χ0) is 17.8. The largest absolute Gasteiger partial charge is 0.395 e. The number of carbonyl (C=O) groups excluding carboxylic acids is 1. The number of benzene rings is 2. The highest BCUT2D eigenvalue weighted by Crippen LogP contribution is 2.33. The van der Waals surface area contributed by atoms with Gasteiger partial charge in [-0.1, -0.05) is 48.5 Å². The van der Waals surface area contributed by atoms with Gasteiger partial charge in [-0.25, -0.2) is 0 Å². The van der Waals surface area contributed by atoms with Crippen molar-refractivity contribution in [2.75, 3.05) is 13.2 Å². The fraction of sp³-hybridized carbons (Fsp3) is 0.381. The van der Waals surface area contributed by atoms with E-state index in [9.17, 15) is 9.90 Å². The van der Waals surface area contributed by atoms with Crippen molar-refractivity contribution in [1.29, 1.82) is 0 Å². The first-order valence-corrected chi connectivity index (χ1v) is 8.89. The van der Waals surface area contributed by atoms with Crippen LogP contribution in [0.3, 0.4) is 0 Å². The maximum absolute atomic E-state index is 12.9. The van der Waals surface area contributed by atoms with Crippen molar-refractivity contribution in [2.45, 2.75) is 37.9 Å². The summed E-state index contributed by atoms with van der Waals surface area (Å²) in [7, 11) is 0. The summed E-state index contributed by atoms with van der Waals surface area (Å²) in [6.07, 6.45) is 0. The van der Waals surface area contributed by atoms with Crippen molar-refractivity contribution in [3.05, 3.63) is 71.8 Å². The molecular weight excluding hydrogens is 312 g/mol. The van der Waals surface area contributed by atoms with Crippen molar-refractivity contribution in [2.24, 2.45) is 0 Å². The normalized spacial score (nSPS) is 22.5. The first-order chi connectivity index (χ1) is 12.1. The maximum Gasteiger partial charge on any atom is 0.254 e. The lowest BCUT2D eigenvalue weighted by molar-refractivity contribution is 0.0563. The lowest BCUT2D eigenvalue weighted by Crippen LogP contribution is -2.65. The highest BCUT2D eigenvalue weighted by Gasteiger charge is 2.42. The van der Waals surface area contributed by atoms with Crippen LogP contribution >= 0.6 is 0 Å². The van der Waals surface area contributed by atoms with E-state index in [0.717, 1.165) is 0 Å². The van der Waals surface area contributed by atoms with E-state index in [-0.39, 0.29) is 36.6 Å². The highest BCUT2D eigenvalue weighted by molar-refractivity contribution is 5.94. The zero-order valence-corrected chi connectivity index (χ0v) is 14.8. The summed E-state index contributed by atoms with van der Waals surface area (Å²) < 4.78 is 0. The number of aliphatic hydroxyl groups excluding tert-OH is 1.